The molecule has 1 aromatic carbocycles. The highest BCUT2D eigenvalue weighted by molar-refractivity contribution is 5.96. The zero-order valence-electron chi connectivity index (χ0n) is 11.8. The number of rotatable bonds is 4. The fourth-order valence-electron chi connectivity index (χ4n) is 2.24. The summed E-state index contributed by atoms with van der Waals surface area (Å²) in [7, 11) is 0. The van der Waals surface area contributed by atoms with Crippen LogP contribution >= 0.6 is 0 Å². The molecule has 0 saturated heterocycles. The summed E-state index contributed by atoms with van der Waals surface area (Å²) >= 11 is 0. The van der Waals surface area contributed by atoms with Crippen molar-refractivity contribution >= 4 is 5.78 Å². The second kappa shape index (κ2) is 5.48. The molecule has 0 heterocycles. The van der Waals surface area contributed by atoms with E-state index in [1.807, 2.05) is 12.1 Å². The number of benzene rings is 1. The van der Waals surface area contributed by atoms with Crippen molar-refractivity contribution < 1.29 is 4.79 Å². The highest BCUT2D eigenvalue weighted by Crippen LogP contribution is 2.29. The maximum atomic E-state index is 11.7. The molecule has 0 atom stereocenters. The molecule has 0 spiro atoms. The third-order valence-corrected chi connectivity index (χ3v) is 3.14. The first-order chi connectivity index (χ1) is 7.88. The Morgan fingerprint density at radius 1 is 1.24 bits per heavy atom. The molecule has 0 amide bonds. The minimum absolute atomic E-state index is 0.106. The lowest BCUT2D eigenvalue weighted by Crippen LogP contribution is -2.16. The molecule has 1 heteroatoms. The molecule has 0 unspecified atom stereocenters. The Morgan fingerprint density at radius 3 is 2.35 bits per heavy atom. The van der Waals surface area contributed by atoms with Gasteiger partial charge >= 0.3 is 0 Å². The summed E-state index contributed by atoms with van der Waals surface area (Å²) in [5.41, 5.74) is 3.59. The van der Waals surface area contributed by atoms with Crippen molar-refractivity contribution in [1.29, 1.82) is 0 Å². The van der Waals surface area contributed by atoms with E-state index >= 15 is 0 Å². The summed E-state index contributed by atoms with van der Waals surface area (Å²) in [4.78, 5) is 11.7. The van der Waals surface area contributed by atoms with Gasteiger partial charge < -0.3 is 0 Å². The first kappa shape index (κ1) is 14.0. The summed E-state index contributed by atoms with van der Waals surface area (Å²) in [6.07, 6.45) is 3.32. The topological polar surface area (TPSA) is 17.1 Å². The van der Waals surface area contributed by atoms with Gasteiger partial charge in [-0.3, -0.25) is 4.79 Å². The Bertz CT molecular complexity index is 396. The normalized spacial score (nSPS) is 11.6. The van der Waals surface area contributed by atoms with Gasteiger partial charge in [0, 0.05) is 5.56 Å². The molecule has 0 aliphatic carbocycles. The number of Topliss-reactive ketones (excluding diaryl/α,β-unsaturated/α-hetero) is 1. The number of ketones is 1. The van der Waals surface area contributed by atoms with Crippen LogP contribution in [0.15, 0.2) is 18.2 Å². The van der Waals surface area contributed by atoms with Gasteiger partial charge in [0.2, 0.25) is 0 Å². The van der Waals surface area contributed by atoms with E-state index in [1.165, 1.54) is 11.1 Å². The predicted octanol–water partition coefficient (Wildman–Crippen LogP) is 4.53. The second-order valence-corrected chi connectivity index (χ2v) is 5.74. The van der Waals surface area contributed by atoms with Crippen LogP contribution in [0, 0.1) is 0 Å². The Kier molecular flexibility index (Phi) is 4.50. The Balaban J connectivity index is 3.29. The monoisotopic (exact) mass is 232 g/mol. The van der Waals surface area contributed by atoms with Gasteiger partial charge in [0.15, 0.2) is 5.78 Å². The molecule has 0 aliphatic rings. The molecule has 94 valence electrons. The molecule has 0 N–H and O–H groups in total. The van der Waals surface area contributed by atoms with Gasteiger partial charge in [-0.15, -0.1) is 0 Å². The summed E-state index contributed by atoms with van der Waals surface area (Å²) in [6.45, 7) is 10.5. The zero-order valence-corrected chi connectivity index (χ0v) is 11.8. The SMILES string of the molecule is CCCCc1c(C(C)=O)cccc1C(C)(C)C. The van der Waals surface area contributed by atoms with Gasteiger partial charge in [-0.05, 0) is 36.3 Å². The lowest BCUT2D eigenvalue weighted by molar-refractivity contribution is 0.101. The van der Waals surface area contributed by atoms with Crippen LogP contribution in [0.5, 0.6) is 0 Å². The van der Waals surface area contributed by atoms with E-state index in [2.05, 4.69) is 33.8 Å². The molecule has 1 rings (SSSR count). The number of hydrogen-bond acceptors (Lipinski definition) is 1. The molecule has 0 radical (unpaired) electrons. The molecule has 0 fully saturated rings. The van der Waals surface area contributed by atoms with E-state index in [1.54, 1.807) is 6.92 Å². The van der Waals surface area contributed by atoms with Gasteiger partial charge in [-0.1, -0.05) is 52.3 Å². The van der Waals surface area contributed by atoms with Gasteiger partial charge in [0.05, 0.1) is 0 Å². The number of hydrogen-bond donors (Lipinski definition) is 0. The minimum atomic E-state index is 0.106. The molecule has 1 nitrogen and oxygen atoms in total. The third kappa shape index (κ3) is 3.42. The highest BCUT2D eigenvalue weighted by atomic mass is 16.1. The lowest BCUT2D eigenvalue weighted by Gasteiger charge is -2.24. The van der Waals surface area contributed by atoms with E-state index < -0.39 is 0 Å². The van der Waals surface area contributed by atoms with E-state index in [4.69, 9.17) is 0 Å². The van der Waals surface area contributed by atoms with E-state index in [-0.39, 0.29) is 11.2 Å². The lowest BCUT2D eigenvalue weighted by atomic mass is 9.80. The van der Waals surface area contributed by atoms with Crippen LogP contribution in [0.1, 0.15) is 68.9 Å². The first-order valence-corrected chi connectivity index (χ1v) is 6.51. The van der Waals surface area contributed by atoms with Crippen LogP contribution < -0.4 is 0 Å². The maximum absolute atomic E-state index is 11.7. The Morgan fingerprint density at radius 2 is 1.88 bits per heavy atom. The molecule has 0 bridgehead atoms. The van der Waals surface area contributed by atoms with Crippen LogP contribution in [0.4, 0.5) is 0 Å². The quantitative estimate of drug-likeness (QED) is 0.697. The number of unbranched alkanes of at least 4 members (excludes halogenated alkanes) is 1. The number of carbonyl (C=O) groups is 1. The molecule has 17 heavy (non-hydrogen) atoms. The van der Waals surface area contributed by atoms with Crippen molar-refractivity contribution in [3.63, 3.8) is 0 Å². The molecular weight excluding hydrogens is 208 g/mol. The van der Waals surface area contributed by atoms with Crippen molar-refractivity contribution in [2.45, 2.75) is 59.3 Å². The minimum Gasteiger partial charge on any atom is -0.295 e. The van der Waals surface area contributed by atoms with Gasteiger partial charge in [0.1, 0.15) is 0 Å². The maximum Gasteiger partial charge on any atom is 0.160 e. The molecular formula is C16H24O. The van der Waals surface area contributed by atoms with Crippen molar-refractivity contribution in [2.75, 3.05) is 0 Å². The summed E-state index contributed by atoms with van der Waals surface area (Å²) < 4.78 is 0. The second-order valence-electron chi connectivity index (χ2n) is 5.74. The summed E-state index contributed by atoms with van der Waals surface area (Å²) in [5, 5.41) is 0. The van der Waals surface area contributed by atoms with Crippen LogP contribution in [-0.2, 0) is 11.8 Å². The Hall–Kier alpha value is -1.11. The average molecular weight is 232 g/mol. The van der Waals surface area contributed by atoms with Crippen LogP contribution in [-0.4, -0.2) is 5.78 Å². The van der Waals surface area contributed by atoms with Crippen molar-refractivity contribution in [1.82, 2.24) is 0 Å². The molecule has 0 saturated carbocycles. The van der Waals surface area contributed by atoms with Gasteiger partial charge in [-0.25, -0.2) is 0 Å². The molecule has 1 aromatic rings. The fraction of sp³-hybridized carbons (Fsp3) is 0.562. The third-order valence-electron chi connectivity index (χ3n) is 3.14. The summed E-state index contributed by atoms with van der Waals surface area (Å²) in [5.74, 6) is 0.183. The standard InChI is InChI=1S/C16H24O/c1-6-7-9-14-13(12(2)17)10-8-11-15(14)16(3,4)5/h8,10-11H,6-7,9H2,1-5H3. The van der Waals surface area contributed by atoms with E-state index in [0.29, 0.717) is 0 Å². The zero-order chi connectivity index (χ0) is 13.1. The van der Waals surface area contributed by atoms with E-state index in [9.17, 15) is 4.79 Å². The van der Waals surface area contributed by atoms with Gasteiger partial charge in [-0.2, -0.15) is 0 Å². The van der Waals surface area contributed by atoms with Crippen molar-refractivity contribution in [2.24, 2.45) is 0 Å². The smallest absolute Gasteiger partial charge is 0.160 e. The van der Waals surface area contributed by atoms with Crippen LogP contribution in [0.3, 0.4) is 0 Å². The van der Waals surface area contributed by atoms with Gasteiger partial charge in [0.25, 0.3) is 0 Å². The molecule has 0 aliphatic heterocycles. The highest BCUT2D eigenvalue weighted by Gasteiger charge is 2.20. The van der Waals surface area contributed by atoms with Crippen molar-refractivity contribution in [3.05, 3.63) is 34.9 Å². The largest absolute Gasteiger partial charge is 0.295 e. The summed E-state index contributed by atoms with van der Waals surface area (Å²) in [6, 6.07) is 6.13. The Labute approximate surface area is 105 Å². The average Bonchev–Trinajstić information content (AvgIpc) is 2.24. The first-order valence-electron chi connectivity index (χ1n) is 6.51. The molecule has 0 aromatic heterocycles. The number of carbonyl (C=O) groups excluding carboxylic acids is 1. The predicted molar refractivity (Wildman–Crippen MR) is 73.8 cm³/mol. The van der Waals surface area contributed by atoms with E-state index in [0.717, 1.165) is 24.8 Å². The van der Waals surface area contributed by atoms with Crippen LogP contribution in [0.2, 0.25) is 0 Å². The fourth-order valence-corrected chi connectivity index (χ4v) is 2.24. The van der Waals surface area contributed by atoms with Crippen molar-refractivity contribution in [3.8, 4) is 0 Å². The van der Waals surface area contributed by atoms with Crippen LogP contribution in [0.25, 0.3) is 0 Å².